The van der Waals surface area contributed by atoms with Gasteiger partial charge in [0.15, 0.2) is 6.61 Å². The summed E-state index contributed by atoms with van der Waals surface area (Å²) < 4.78 is 10.0. The minimum absolute atomic E-state index is 0.141. The number of rotatable bonds is 5. The summed E-state index contributed by atoms with van der Waals surface area (Å²) in [5.74, 6) is 0.234. The number of carbonyl (C=O) groups is 1. The molecule has 100 valence electrons. The van der Waals surface area contributed by atoms with E-state index in [1.54, 1.807) is 24.3 Å². The van der Waals surface area contributed by atoms with Gasteiger partial charge in [0.1, 0.15) is 5.75 Å². The number of H-pyrrole nitrogens is 1. The van der Waals surface area contributed by atoms with Gasteiger partial charge in [-0.3, -0.25) is 10.1 Å². The predicted octanol–water partition coefficient (Wildman–Crippen LogP) is 1.48. The van der Waals surface area contributed by atoms with Crippen LogP contribution >= 0.6 is 11.6 Å². The number of aromatic nitrogens is 3. The van der Waals surface area contributed by atoms with Crippen LogP contribution in [0.2, 0.25) is 5.02 Å². The van der Waals surface area contributed by atoms with Crippen LogP contribution in [-0.2, 0) is 4.79 Å². The zero-order valence-corrected chi connectivity index (χ0v) is 10.8. The number of ether oxygens (including phenoxy) is 2. The summed E-state index contributed by atoms with van der Waals surface area (Å²) in [5, 5.41) is 9.09. The molecule has 2 aromatic rings. The third-order valence-corrected chi connectivity index (χ3v) is 2.41. The van der Waals surface area contributed by atoms with Gasteiger partial charge in [0.25, 0.3) is 5.91 Å². The zero-order valence-electron chi connectivity index (χ0n) is 10.0. The Hall–Kier alpha value is -2.28. The van der Waals surface area contributed by atoms with Crippen molar-refractivity contribution in [3.8, 4) is 11.8 Å². The van der Waals surface area contributed by atoms with Gasteiger partial charge in [-0.05, 0) is 12.1 Å². The summed E-state index contributed by atoms with van der Waals surface area (Å²) >= 11 is 5.89. The molecule has 0 spiro atoms. The van der Waals surface area contributed by atoms with Gasteiger partial charge in [-0.2, -0.15) is 4.98 Å². The van der Waals surface area contributed by atoms with Crippen LogP contribution in [0.1, 0.15) is 0 Å². The number of amides is 1. The molecule has 8 heteroatoms. The second kappa shape index (κ2) is 6.05. The molecule has 1 amide bonds. The summed E-state index contributed by atoms with van der Waals surface area (Å²) in [5.41, 5.74) is 0. The maximum atomic E-state index is 11.6. The number of nitrogens with zero attached hydrogens (tertiary/aromatic N) is 2. The normalized spacial score (nSPS) is 10.0. The molecule has 1 heterocycles. The molecule has 0 unspecified atom stereocenters. The van der Waals surface area contributed by atoms with E-state index in [1.807, 2.05) is 0 Å². The number of carbonyl (C=O) groups excluding carboxylic acids is 1. The monoisotopic (exact) mass is 282 g/mol. The van der Waals surface area contributed by atoms with Crippen LogP contribution in [0.4, 0.5) is 5.95 Å². The standard InChI is InChI=1S/C11H11ClN4O3/c1-18-11-14-10(15-16-11)13-9(17)6-19-8-5-3-2-4-7(8)12/h2-5H,6H2,1H3,(H2,13,14,15,16,17). The Kier molecular flexibility index (Phi) is 4.19. The minimum atomic E-state index is -0.390. The summed E-state index contributed by atoms with van der Waals surface area (Å²) in [6, 6.07) is 7.03. The molecule has 0 fully saturated rings. The molecule has 2 N–H and O–H groups in total. The Morgan fingerprint density at radius 3 is 2.95 bits per heavy atom. The van der Waals surface area contributed by atoms with Crippen LogP contribution < -0.4 is 14.8 Å². The van der Waals surface area contributed by atoms with E-state index in [2.05, 4.69) is 20.5 Å². The molecule has 0 bridgehead atoms. The van der Waals surface area contributed by atoms with E-state index >= 15 is 0 Å². The lowest BCUT2D eigenvalue weighted by Gasteiger charge is -2.06. The van der Waals surface area contributed by atoms with Gasteiger partial charge in [0.05, 0.1) is 12.1 Å². The van der Waals surface area contributed by atoms with Crippen molar-refractivity contribution in [2.24, 2.45) is 0 Å². The molecule has 1 aromatic heterocycles. The van der Waals surface area contributed by atoms with Crippen LogP contribution in [0.25, 0.3) is 0 Å². The fourth-order valence-electron chi connectivity index (χ4n) is 1.27. The first-order chi connectivity index (χ1) is 9.19. The minimum Gasteiger partial charge on any atom is -0.482 e. The Labute approximate surface area is 113 Å². The molecular weight excluding hydrogens is 272 g/mol. The molecule has 0 atom stereocenters. The van der Waals surface area contributed by atoms with E-state index < -0.39 is 5.91 Å². The molecule has 0 aliphatic heterocycles. The van der Waals surface area contributed by atoms with E-state index in [0.717, 1.165) is 0 Å². The van der Waals surface area contributed by atoms with Gasteiger partial charge in [0.2, 0.25) is 5.95 Å². The van der Waals surface area contributed by atoms with E-state index in [1.165, 1.54) is 7.11 Å². The quantitative estimate of drug-likeness (QED) is 0.867. The number of halogens is 1. The highest BCUT2D eigenvalue weighted by atomic mass is 35.5. The van der Waals surface area contributed by atoms with Crippen molar-refractivity contribution in [3.05, 3.63) is 29.3 Å². The second-order valence-corrected chi connectivity index (χ2v) is 3.85. The average molecular weight is 283 g/mol. The summed E-state index contributed by atoms with van der Waals surface area (Å²) in [6.07, 6.45) is 0. The second-order valence-electron chi connectivity index (χ2n) is 3.44. The van der Waals surface area contributed by atoms with Crippen LogP contribution in [-0.4, -0.2) is 34.8 Å². The number of aromatic amines is 1. The molecule has 19 heavy (non-hydrogen) atoms. The van der Waals surface area contributed by atoms with Crippen molar-refractivity contribution in [1.29, 1.82) is 0 Å². The topological polar surface area (TPSA) is 89.1 Å². The fraction of sp³-hybridized carbons (Fsp3) is 0.182. The number of hydrogen-bond acceptors (Lipinski definition) is 5. The smallest absolute Gasteiger partial charge is 0.336 e. The van der Waals surface area contributed by atoms with E-state index in [4.69, 9.17) is 21.1 Å². The number of benzene rings is 1. The van der Waals surface area contributed by atoms with E-state index in [-0.39, 0.29) is 18.6 Å². The first kappa shape index (κ1) is 13.2. The number of hydrogen-bond donors (Lipinski definition) is 2. The van der Waals surface area contributed by atoms with Crippen molar-refractivity contribution in [3.63, 3.8) is 0 Å². The van der Waals surface area contributed by atoms with Gasteiger partial charge in [-0.15, -0.1) is 5.10 Å². The summed E-state index contributed by atoms with van der Waals surface area (Å²) in [7, 11) is 1.43. The molecule has 2 rings (SSSR count). The Morgan fingerprint density at radius 2 is 2.26 bits per heavy atom. The van der Waals surface area contributed by atoms with Crippen LogP contribution in [0.15, 0.2) is 24.3 Å². The van der Waals surface area contributed by atoms with Crippen molar-refractivity contribution in [2.75, 3.05) is 19.0 Å². The predicted molar refractivity (Wildman–Crippen MR) is 68.5 cm³/mol. The van der Waals surface area contributed by atoms with Crippen molar-refractivity contribution >= 4 is 23.5 Å². The summed E-state index contributed by atoms with van der Waals surface area (Å²) in [6.45, 7) is -0.188. The first-order valence-electron chi connectivity index (χ1n) is 5.32. The van der Waals surface area contributed by atoms with Gasteiger partial charge in [-0.1, -0.05) is 23.7 Å². The third kappa shape index (κ3) is 3.59. The number of methoxy groups -OCH3 is 1. The molecule has 0 saturated carbocycles. The third-order valence-electron chi connectivity index (χ3n) is 2.10. The number of anilines is 1. The molecule has 0 aliphatic rings. The van der Waals surface area contributed by atoms with E-state index in [9.17, 15) is 4.79 Å². The fourth-order valence-corrected chi connectivity index (χ4v) is 1.46. The van der Waals surface area contributed by atoms with Gasteiger partial charge >= 0.3 is 6.01 Å². The molecule has 0 saturated heterocycles. The average Bonchev–Trinajstić information content (AvgIpc) is 2.85. The number of para-hydroxylation sites is 1. The SMILES string of the molecule is COc1n[nH]c(NC(=O)COc2ccccc2Cl)n1. The maximum absolute atomic E-state index is 11.6. The Bertz CT molecular complexity index is 573. The molecule has 1 aromatic carbocycles. The van der Waals surface area contributed by atoms with E-state index in [0.29, 0.717) is 10.8 Å². The van der Waals surface area contributed by atoms with Crippen molar-refractivity contribution in [2.45, 2.75) is 0 Å². The lowest BCUT2D eigenvalue weighted by atomic mass is 10.3. The van der Waals surface area contributed by atoms with Crippen LogP contribution in [0, 0.1) is 0 Å². The van der Waals surface area contributed by atoms with Crippen LogP contribution in [0.5, 0.6) is 11.8 Å². The molecule has 0 radical (unpaired) electrons. The molecule has 0 aliphatic carbocycles. The Morgan fingerprint density at radius 1 is 1.47 bits per heavy atom. The molecule has 7 nitrogen and oxygen atoms in total. The van der Waals surface area contributed by atoms with Crippen molar-refractivity contribution < 1.29 is 14.3 Å². The van der Waals surface area contributed by atoms with Crippen LogP contribution in [0.3, 0.4) is 0 Å². The van der Waals surface area contributed by atoms with Gasteiger partial charge < -0.3 is 9.47 Å². The highest BCUT2D eigenvalue weighted by Crippen LogP contribution is 2.22. The summed E-state index contributed by atoms with van der Waals surface area (Å²) in [4.78, 5) is 15.4. The lowest BCUT2D eigenvalue weighted by Crippen LogP contribution is -2.20. The Balaban J connectivity index is 1.86. The zero-order chi connectivity index (χ0) is 13.7. The maximum Gasteiger partial charge on any atom is 0.336 e. The number of nitrogens with one attached hydrogen (secondary N) is 2. The highest BCUT2D eigenvalue weighted by molar-refractivity contribution is 6.32. The first-order valence-corrected chi connectivity index (χ1v) is 5.70. The van der Waals surface area contributed by atoms with Crippen molar-refractivity contribution in [1.82, 2.24) is 15.2 Å². The van der Waals surface area contributed by atoms with Gasteiger partial charge in [0, 0.05) is 0 Å². The molecular formula is C11H11ClN4O3. The highest BCUT2D eigenvalue weighted by Gasteiger charge is 2.09. The lowest BCUT2D eigenvalue weighted by molar-refractivity contribution is -0.118. The largest absolute Gasteiger partial charge is 0.482 e. The van der Waals surface area contributed by atoms with Gasteiger partial charge in [-0.25, -0.2) is 5.10 Å².